The number of amides is 1. The molecule has 1 amide bonds. The van der Waals surface area contributed by atoms with Gasteiger partial charge in [0.05, 0.1) is 17.2 Å². The number of hydrogen-bond acceptors (Lipinski definition) is 3. The van der Waals surface area contributed by atoms with E-state index in [0.717, 1.165) is 19.0 Å². The highest BCUT2D eigenvalue weighted by atomic mass is 16.2. The van der Waals surface area contributed by atoms with Gasteiger partial charge in [0, 0.05) is 25.2 Å². The molecule has 3 saturated heterocycles. The first kappa shape index (κ1) is 20.1. The van der Waals surface area contributed by atoms with E-state index in [4.69, 9.17) is 0 Å². The third kappa shape index (κ3) is 3.78. The topological polar surface area (TPSA) is 47.3 Å². The largest absolute Gasteiger partial charge is 0.338 e. The average Bonchev–Trinajstić information content (AvgIpc) is 2.82. The van der Waals surface area contributed by atoms with Crippen LogP contribution in [0.5, 0.6) is 0 Å². The first-order valence-electron chi connectivity index (χ1n) is 12.3. The molecule has 1 aromatic rings. The molecule has 160 valence electrons. The Morgan fingerprint density at radius 3 is 2.60 bits per heavy atom. The SMILES string of the molecule is N#Cc1ccccc1C(=O)N1C[C@H]2C[C@@H](C1)[C@H](CC1CCCCC1)N1CCCC[C@@H]21. The number of nitrogens with zero attached hydrogens (tertiary/aromatic N) is 3. The number of nitriles is 1. The van der Waals surface area contributed by atoms with E-state index in [9.17, 15) is 10.1 Å². The van der Waals surface area contributed by atoms with Crippen molar-refractivity contribution in [3.63, 3.8) is 0 Å². The van der Waals surface area contributed by atoms with Crippen LogP contribution in [0, 0.1) is 29.1 Å². The van der Waals surface area contributed by atoms with Crippen molar-refractivity contribution in [1.29, 1.82) is 5.26 Å². The third-order valence-corrected chi connectivity index (χ3v) is 8.49. The maximum Gasteiger partial charge on any atom is 0.255 e. The molecule has 4 fully saturated rings. The van der Waals surface area contributed by atoms with Crippen LogP contribution >= 0.6 is 0 Å². The summed E-state index contributed by atoms with van der Waals surface area (Å²) in [5.41, 5.74) is 1.10. The van der Waals surface area contributed by atoms with E-state index >= 15 is 0 Å². The van der Waals surface area contributed by atoms with Gasteiger partial charge in [-0.15, -0.1) is 0 Å². The lowest BCUT2D eigenvalue weighted by Gasteiger charge is -2.57. The minimum Gasteiger partial charge on any atom is -0.338 e. The number of rotatable bonds is 3. The predicted octanol–water partition coefficient (Wildman–Crippen LogP) is 4.84. The molecule has 0 aromatic heterocycles. The first-order chi connectivity index (χ1) is 14.7. The van der Waals surface area contributed by atoms with Crippen LogP contribution in [0.3, 0.4) is 0 Å². The van der Waals surface area contributed by atoms with Crippen molar-refractivity contribution < 1.29 is 4.79 Å². The van der Waals surface area contributed by atoms with Gasteiger partial charge in [0.25, 0.3) is 5.91 Å². The number of benzene rings is 1. The molecule has 0 N–H and O–H groups in total. The van der Waals surface area contributed by atoms with E-state index in [2.05, 4.69) is 15.9 Å². The summed E-state index contributed by atoms with van der Waals surface area (Å²) in [5.74, 6) is 2.15. The van der Waals surface area contributed by atoms with Crippen LogP contribution in [0.1, 0.15) is 80.1 Å². The van der Waals surface area contributed by atoms with Gasteiger partial charge in [0.1, 0.15) is 0 Å². The number of carbonyl (C=O) groups excluding carboxylic acids is 1. The number of carbonyl (C=O) groups is 1. The molecule has 4 nitrogen and oxygen atoms in total. The van der Waals surface area contributed by atoms with Crippen LogP contribution in [0.2, 0.25) is 0 Å². The highest BCUT2D eigenvalue weighted by Gasteiger charge is 2.48. The maximum atomic E-state index is 13.4. The van der Waals surface area contributed by atoms with Gasteiger partial charge >= 0.3 is 0 Å². The summed E-state index contributed by atoms with van der Waals surface area (Å²) < 4.78 is 0. The van der Waals surface area contributed by atoms with Crippen molar-refractivity contribution in [2.24, 2.45) is 17.8 Å². The average molecular weight is 406 g/mol. The minimum atomic E-state index is 0.0718. The fraction of sp³-hybridized carbons (Fsp3) is 0.692. The summed E-state index contributed by atoms with van der Waals surface area (Å²) in [6.45, 7) is 3.00. The molecule has 0 unspecified atom stereocenters. The zero-order valence-corrected chi connectivity index (χ0v) is 18.1. The molecular formula is C26H35N3O. The highest BCUT2D eigenvalue weighted by molar-refractivity contribution is 5.96. The van der Waals surface area contributed by atoms with Gasteiger partial charge in [-0.2, -0.15) is 5.26 Å². The maximum absolute atomic E-state index is 13.4. The van der Waals surface area contributed by atoms with Crippen molar-refractivity contribution in [2.45, 2.75) is 76.3 Å². The summed E-state index contributed by atoms with van der Waals surface area (Å²) in [6, 6.07) is 10.9. The summed E-state index contributed by atoms with van der Waals surface area (Å²) in [5, 5.41) is 9.48. The minimum absolute atomic E-state index is 0.0718. The van der Waals surface area contributed by atoms with Crippen molar-refractivity contribution in [3.05, 3.63) is 35.4 Å². The molecule has 4 heteroatoms. The number of fused-ring (bicyclic) bond motifs is 4. The second-order valence-electron chi connectivity index (χ2n) is 10.2. The monoisotopic (exact) mass is 405 g/mol. The molecule has 1 saturated carbocycles. The fourth-order valence-electron chi connectivity index (χ4n) is 7.10. The van der Waals surface area contributed by atoms with E-state index in [1.165, 1.54) is 70.8 Å². The molecule has 0 spiro atoms. The molecule has 0 radical (unpaired) electrons. The Kier molecular flexibility index (Phi) is 5.83. The highest BCUT2D eigenvalue weighted by Crippen LogP contribution is 2.44. The Bertz CT molecular complexity index is 809. The van der Waals surface area contributed by atoms with Crippen LogP contribution in [0.15, 0.2) is 24.3 Å². The zero-order valence-electron chi connectivity index (χ0n) is 18.1. The summed E-state index contributed by atoms with van der Waals surface area (Å²) in [6.07, 6.45) is 13.7. The van der Waals surface area contributed by atoms with Gasteiger partial charge in [-0.1, -0.05) is 50.7 Å². The van der Waals surface area contributed by atoms with Gasteiger partial charge in [-0.25, -0.2) is 0 Å². The van der Waals surface area contributed by atoms with Gasteiger partial charge in [0.15, 0.2) is 0 Å². The normalized spacial score (nSPS) is 32.3. The smallest absolute Gasteiger partial charge is 0.255 e. The van der Waals surface area contributed by atoms with E-state index in [1.807, 2.05) is 18.2 Å². The Hall–Kier alpha value is -1.86. The molecule has 1 aliphatic carbocycles. The fourth-order valence-corrected chi connectivity index (χ4v) is 7.10. The lowest BCUT2D eigenvalue weighted by Crippen LogP contribution is -2.64. The Labute approximate surface area is 181 Å². The zero-order chi connectivity index (χ0) is 20.5. The van der Waals surface area contributed by atoms with Crippen molar-refractivity contribution in [1.82, 2.24) is 9.80 Å². The molecule has 4 atom stereocenters. The van der Waals surface area contributed by atoms with Gasteiger partial charge in [-0.05, 0) is 62.1 Å². The third-order valence-electron chi connectivity index (χ3n) is 8.49. The van der Waals surface area contributed by atoms with Crippen LogP contribution in [-0.4, -0.2) is 47.4 Å². The molecule has 2 bridgehead atoms. The van der Waals surface area contributed by atoms with Crippen LogP contribution in [-0.2, 0) is 0 Å². The quantitative estimate of drug-likeness (QED) is 0.723. The molecular weight excluding hydrogens is 370 g/mol. The van der Waals surface area contributed by atoms with E-state index in [-0.39, 0.29) is 5.91 Å². The Morgan fingerprint density at radius 2 is 1.77 bits per heavy atom. The van der Waals surface area contributed by atoms with Crippen LogP contribution in [0.25, 0.3) is 0 Å². The second kappa shape index (κ2) is 8.71. The molecule has 1 aromatic carbocycles. The van der Waals surface area contributed by atoms with E-state index in [1.54, 1.807) is 6.07 Å². The summed E-state index contributed by atoms with van der Waals surface area (Å²) in [7, 11) is 0. The second-order valence-corrected chi connectivity index (χ2v) is 10.2. The summed E-state index contributed by atoms with van der Waals surface area (Å²) in [4.78, 5) is 18.4. The van der Waals surface area contributed by atoms with Crippen molar-refractivity contribution in [2.75, 3.05) is 19.6 Å². The van der Waals surface area contributed by atoms with Gasteiger partial charge in [-0.3, -0.25) is 9.69 Å². The predicted molar refractivity (Wildman–Crippen MR) is 118 cm³/mol. The molecule has 3 heterocycles. The van der Waals surface area contributed by atoms with Crippen molar-refractivity contribution in [3.8, 4) is 6.07 Å². The lowest BCUT2D eigenvalue weighted by atomic mass is 9.69. The molecule has 3 aliphatic heterocycles. The first-order valence-corrected chi connectivity index (χ1v) is 12.3. The van der Waals surface area contributed by atoms with Crippen LogP contribution < -0.4 is 0 Å². The lowest BCUT2D eigenvalue weighted by molar-refractivity contribution is -0.0725. The Morgan fingerprint density at radius 1 is 1.00 bits per heavy atom. The molecule has 4 aliphatic rings. The van der Waals surface area contributed by atoms with Gasteiger partial charge < -0.3 is 4.90 Å². The number of likely N-dealkylation sites (tertiary alicyclic amines) is 1. The van der Waals surface area contributed by atoms with E-state index < -0.39 is 0 Å². The van der Waals surface area contributed by atoms with Gasteiger partial charge in [0.2, 0.25) is 0 Å². The number of hydrogen-bond donors (Lipinski definition) is 0. The molecule has 30 heavy (non-hydrogen) atoms. The molecule has 5 rings (SSSR count). The Balaban J connectivity index is 1.38. The number of piperidine rings is 3. The standard InChI is InChI=1S/C26H35N3O/c27-16-20-10-4-5-11-23(20)26(30)28-17-21-15-22(18-28)25(14-19-8-2-1-3-9-19)29-13-7-6-12-24(21)29/h4-5,10-11,19,21-22,24-25H,1-3,6-9,12-15,17-18H2/t21-,22+,24+,25+/m1/s1. The summed E-state index contributed by atoms with van der Waals surface area (Å²) >= 11 is 0. The van der Waals surface area contributed by atoms with E-state index in [0.29, 0.717) is 35.0 Å². The van der Waals surface area contributed by atoms with Crippen LogP contribution in [0.4, 0.5) is 0 Å². The van der Waals surface area contributed by atoms with Crippen molar-refractivity contribution >= 4 is 5.91 Å².